The van der Waals surface area contributed by atoms with Gasteiger partial charge in [-0.1, -0.05) is 19.9 Å². The molecule has 1 rings (SSSR count). The van der Waals surface area contributed by atoms with E-state index in [-0.39, 0.29) is 17.7 Å². The average Bonchev–Trinajstić information content (AvgIpc) is 2.35. The van der Waals surface area contributed by atoms with Crippen molar-refractivity contribution in [1.29, 1.82) is 0 Å². The second kappa shape index (κ2) is 5.82. The van der Waals surface area contributed by atoms with Gasteiger partial charge >= 0.3 is 0 Å². The monoisotopic (exact) mass is 252 g/mol. The van der Waals surface area contributed by atoms with E-state index >= 15 is 0 Å². The maximum atomic E-state index is 10.9. The molecular formula is C13H20N2O3. The number of anilines is 1. The number of nitro groups is 1. The van der Waals surface area contributed by atoms with Gasteiger partial charge < -0.3 is 10.4 Å². The molecule has 0 aliphatic heterocycles. The normalized spacial score (nSPS) is 14.0. The zero-order valence-electron chi connectivity index (χ0n) is 11.1. The first-order valence-electron chi connectivity index (χ1n) is 6.01. The Morgan fingerprint density at radius 2 is 2.17 bits per heavy atom. The molecule has 0 spiro atoms. The van der Waals surface area contributed by atoms with E-state index in [2.05, 4.69) is 5.32 Å². The highest BCUT2D eigenvalue weighted by Gasteiger charge is 2.22. The summed E-state index contributed by atoms with van der Waals surface area (Å²) >= 11 is 0. The van der Waals surface area contributed by atoms with Crippen LogP contribution >= 0.6 is 0 Å². The van der Waals surface area contributed by atoms with Crippen molar-refractivity contribution in [3.63, 3.8) is 0 Å². The SMILES string of the molecule is CCC(C)(CO)CNc1cc(C)ccc1[N+](=O)[O-]. The van der Waals surface area contributed by atoms with Crippen LogP contribution < -0.4 is 5.32 Å². The average molecular weight is 252 g/mol. The van der Waals surface area contributed by atoms with E-state index < -0.39 is 4.92 Å². The maximum absolute atomic E-state index is 10.9. The van der Waals surface area contributed by atoms with Gasteiger partial charge in [0.05, 0.1) is 11.5 Å². The van der Waals surface area contributed by atoms with Crippen LogP contribution in [0.1, 0.15) is 25.8 Å². The summed E-state index contributed by atoms with van der Waals surface area (Å²) in [7, 11) is 0. The van der Waals surface area contributed by atoms with E-state index in [4.69, 9.17) is 0 Å². The lowest BCUT2D eigenvalue weighted by molar-refractivity contribution is -0.384. The van der Waals surface area contributed by atoms with Crippen molar-refractivity contribution in [3.05, 3.63) is 33.9 Å². The topological polar surface area (TPSA) is 75.4 Å². The van der Waals surface area contributed by atoms with Crippen LogP contribution in [0.3, 0.4) is 0 Å². The summed E-state index contributed by atoms with van der Waals surface area (Å²) < 4.78 is 0. The molecular weight excluding hydrogens is 232 g/mol. The molecule has 0 aromatic heterocycles. The lowest BCUT2D eigenvalue weighted by atomic mass is 9.88. The molecule has 100 valence electrons. The van der Waals surface area contributed by atoms with Gasteiger partial charge in [0, 0.05) is 18.0 Å². The van der Waals surface area contributed by atoms with Crippen LogP contribution in [-0.4, -0.2) is 23.2 Å². The summed E-state index contributed by atoms with van der Waals surface area (Å²) in [5.41, 5.74) is 1.27. The lowest BCUT2D eigenvalue weighted by Crippen LogP contribution is -2.29. The zero-order chi connectivity index (χ0) is 13.8. The summed E-state index contributed by atoms with van der Waals surface area (Å²) in [6, 6.07) is 4.97. The third kappa shape index (κ3) is 3.43. The van der Waals surface area contributed by atoms with E-state index in [1.165, 1.54) is 6.07 Å². The van der Waals surface area contributed by atoms with Gasteiger partial charge in [0.25, 0.3) is 5.69 Å². The van der Waals surface area contributed by atoms with Crippen LogP contribution in [0.2, 0.25) is 0 Å². The number of nitrogens with one attached hydrogen (secondary N) is 1. The molecule has 0 aliphatic carbocycles. The molecule has 0 amide bonds. The minimum atomic E-state index is -0.399. The van der Waals surface area contributed by atoms with E-state index in [9.17, 15) is 15.2 Å². The second-order valence-corrected chi connectivity index (χ2v) is 4.95. The maximum Gasteiger partial charge on any atom is 0.292 e. The molecule has 5 nitrogen and oxygen atoms in total. The Kier molecular flexibility index (Phi) is 4.67. The largest absolute Gasteiger partial charge is 0.396 e. The molecule has 0 saturated carbocycles. The highest BCUT2D eigenvalue weighted by atomic mass is 16.6. The quantitative estimate of drug-likeness (QED) is 0.603. The fourth-order valence-electron chi connectivity index (χ4n) is 1.55. The molecule has 0 fully saturated rings. The highest BCUT2D eigenvalue weighted by molar-refractivity contribution is 5.62. The van der Waals surface area contributed by atoms with Gasteiger partial charge in [0.1, 0.15) is 5.69 Å². The molecule has 0 aliphatic rings. The minimum Gasteiger partial charge on any atom is -0.396 e. The van der Waals surface area contributed by atoms with Crippen molar-refractivity contribution in [2.24, 2.45) is 5.41 Å². The third-order valence-electron chi connectivity index (χ3n) is 3.29. The smallest absolute Gasteiger partial charge is 0.292 e. The van der Waals surface area contributed by atoms with E-state index in [0.29, 0.717) is 12.2 Å². The summed E-state index contributed by atoms with van der Waals surface area (Å²) in [5, 5.41) is 23.3. The minimum absolute atomic E-state index is 0.0517. The summed E-state index contributed by atoms with van der Waals surface area (Å²) in [4.78, 5) is 10.5. The van der Waals surface area contributed by atoms with Crippen molar-refractivity contribution in [3.8, 4) is 0 Å². The summed E-state index contributed by atoms with van der Waals surface area (Å²) in [6.45, 7) is 6.38. The van der Waals surface area contributed by atoms with Crippen LogP contribution in [0.25, 0.3) is 0 Å². The Balaban J connectivity index is 2.90. The number of hydrogen-bond acceptors (Lipinski definition) is 4. The van der Waals surface area contributed by atoms with Gasteiger partial charge in [0.2, 0.25) is 0 Å². The van der Waals surface area contributed by atoms with Crippen LogP contribution in [0.5, 0.6) is 0 Å². The van der Waals surface area contributed by atoms with Crippen LogP contribution in [0.15, 0.2) is 18.2 Å². The summed E-state index contributed by atoms with van der Waals surface area (Å²) in [5.74, 6) is 0. The Hall–Kier alpha value is -1.62. The number of aliphatic hydroxyl groups is 1. The molecule has 0 heterocycles. The Morgan fingerprint density at radius 3 is 2.67 bits per heavy atom. The zero-order valence-corrected chi connectivity index (χ0v) is 11.1. The van der Waals surface area contributed by atoms with Gasteiger partial charge in [-0.25, -0.2) is 0 Å². The number of nitro benzene ring substituents is 1. The van der Waals surface area contributed by atoms with E-state index in [1.54, 1.807) is 12.1 Å². The predicted octanol–water partition coefficient (Wildman–Crippen LogP) is 2.72. The molecule has 0 radical (unpaired) electrons. The van der Waals surface area contributed by atoms with Crippen LogP contribution in [0, 0.1) is 22.5 Å². The van der Waals surface area contributed by atoms with Crippen molar-refractivity contribution in [1.82, 2.24) is 0 Å². The van der Waals surface area contributed by atoms with Gasteiger partial charge in [-0.3, -0.25) is 10.1 Å². The van der Waals surface area contributed by atoms with Crippen molar-refractivity contribution >= 4 is 11.4 Å². The van der Waals surface area contributed by atoms with Crippen molar-refractivity contribution < 1.29 is 10.0 Å². The van der Waals surface area contributed by atoms with Crippen molar-refractivity contribution in [2.45, 2.75) is 27.2 Å². The highest BCUT2D eigenvalue weighted by Crippen LogP contribution is 2.28. The number of benzene rings is 1. The molecule has 1 aromatic carbocycles. The molecule has 1 atom stereocenters. The first-order valence-corrected chi connectivity index (χ1v) is 6.01. The molecule has 2 N–H and O–H groups in total. The fourth-order valence-corrected chi connectivity index (χ4v) is 1.55. The molecule has 1 unspecified atom stereocenters. The number of nitrogens with zero attached hydrogens (tertiary/aromatic N) is 1. The van der Waals surface area contributed by atoms with E-state index in [0.717, 1.165) is 12.0 Å². The van der Waals surface area contributed by atoms with Gasteiger partial charge in [-0.2, -0.15) is 0 Å². The van der Waals surface area contributed by atoms with Gasteiger partial charge in [0.15, 0.2) is 0 Å². The van der Waals surface area contributed by atoms with Gasteiger partial charge in [-0.15, -0.1) is 0 Å². The number of aryl methyl sites for hydroxylation is 1. The van der Waals surface area contributed by atoms with Crippen molar-refractivity contribution in [2.75, 3.05) is 18.5 Å². The number of aliphatic hydroxyl groups excluding tert-OH is 1. The van der Waals surface area contributed by atoms with Crippen LogP contribution in [0.4, 0.5) is 11.4 Å². The molecule has 5 heteroatoms. The second-order valence-electron chi connectivity index (χ2n) is 4.95. The fraction of sp³-hybridized carbons (Fsp3) is 0.538. The molecule has 0 bridgehead atoms. The molecule has 18 heavy (non-hydrogen) atoms. The number of hydrogen-bond donors (Lipinski definition) is 2. The standard InChI is InChI=1S/C13H20N2O3/c1-4-13(3,9-16)8-14-11-7-10(2)5-6-12(11)15(17)18/h5-7,14,16H,4,8-9H2,1-3H3. The Bertz CT molecular complexity index is 428. The predicted molar refractivity (Wildman–Crippen MR) is 71.8 cm³/mol. The van der Waals surface area contributed by atoms with Gasteiger partial charge in [-0.05, 0) is 25.0 Å². The molecule has 1 aromatic rings. The first kappa shape index (κ1) is 14.4. The number of rotatable bonds is 6. The third-order valence-corrected chi connectivity index (χ3v) is 3.29. The van der Waals surface area contributed by atoms with Crippen LogP contribution in [-0.2, 0) is 0 Å². The summed E-state index contributed by atoms with van der Waals surface area (Å²) in [6.07, 6.45) is 0.802. The Labute approximate surface area is 107 Å². The first-order chi connectivity index (χ1) is 8.41. The Morgan fingerprint density at radius 1 is 1.50 bits per heavy atom. The van der Waals surface area contributed by atoms with E-state index in [1.807, 2.05) is 20.8 Å². The molecule has 0 saturated heterocycles. The lowest BCUT2D eigenvalue weighted by Gasteiger charge is -2.26.